The molecule has 0 bridgehead atoms. The van der Waals surface area contributed by atoms with Gasteiger partial charge in [-0.2, -0.15) is 0 Å². The van der Waals surface area contributed by atoms with E-state index >= 15 is 0 Å². The molecule has 122 valence electrons. The number of nitrogens with zero attached hydrogens (tertiary/aromatic N) is 1. The van der Waals surface area contributed by atoms with Crippen molar-refractivity contribution in [2.75, 3.05) is 11.9 Å². The van der Waals surface area contributed by atoms with Crippen LogP contribution in [0.5, 0.6) is 11.6 Å². The Kier molecular flexibility index (Phi) is 7.07. The molecule has 1 heterocycles. The Hall–Kier alpha value is -2.40. The van der Waals surface area contributed by atoms with Crippen LogP contribution in [0, 0.1) is 0 Å². The van der Waals surface area contributed by atoms with Gasteiger partial charge in [0, 0.05) is 30.4 Å². The summed E-state index contributed by atoms with van der Waals surface area (Å²) in [4.78, 5) is 16.0. The van der Waals surface area contributed by atoms with Crippen molar-refractivity contribution in [2.45, 2.75) is 32.1 Å². The number of anilines is 1. The summed E-state index contributed by atoms with van der Waals surface area (Å²) >= 11 is 0. The topological polar surface area (TPSA) is 77.2 Å². The van der Waals surface area contributed by atoms with Crippen LogP contribution in [0.25, 0.3) is 0 Å². The summed E-state index contributed by atoms with van der Waals surface area (Å²) in [5.41, 5.74) is 6.17. The Bertz CT molecular complexity index is 602. The van der Waals surface area contributed by atoms with Gasteiger partial charge in [-0.15, -0.1) is 0 Å². The Balaban J connectivity index is 1.81. The highest BCUT2D eigenvalue weighted by Crippen LogP contribution is 2.22. The third-order valence-electron chi connectivity index (χ3n) is 3.34. The predicted molar refractivity (Wildman–Crippen MR) is 91.5 cm³/mol. The van der Waals surface area contributed by atoms with E-state index in [0.717, 1.165) is 37.9 Å². The second kappa shape index (κ2) is 9.58. The van der Waals surface area contributed by atoms with Crippen molar-refractivity contribution in [3.05, 3.63) is 48.7 Å². The first-order valence-electron chi connectivity index (χ1n) is 7.97. The highest BCUT2D eigenvalue weighted by atomic mass is 16.5. The molecule has 0 saturated heterocycles. The third-order valence-corrected chi connectivity index (χ3v) is 3.34. The fourth-order valence-corrected chi connectivity index (χ4v) is 2.17. The zero-order valence-electron chi connectivity index (χ0n) is 13.2. The molecule has 0 aliphatic heterocycles. The summed E-state index contributed by atoms with van der Waals surface area (Å²) in [5.74, 6) is 1.19. The zero-order chi connectivity index (χ0) is 16.3. The molecule has 23 heavy (non-hydrogen) atoms. The van der Waals surface area contributed by atoms with Crippen LogP contribution in [-0.4, -0.2) is 17.4 Å². The van der Waals surface area contributed by atoms with E-state index < -0.39 is 0 Å². The van der Waals surface area contributed by atoms with E-state index in [4.69, 9.17) is 10.5 Å². The average Bonchev–Trinajstić information content (AvgIpc) is 2.56. The van der Waals surface area contributed by atoms with Gasteiger partial charge in [0.2, 0.25) is 11.8 Å². The van der Waals surface area contributed by atoms with Crippen LogP contribution in [0.15, 0.2) is 48.7 Å². The lowest BCUT2D eigenvalue weighted by atomic mass is 10.1. The van der Waals surface area contributed by atoms with Gasteiger partial charge in [0.1, 0.15) is 5.75 Å². The van der Waals surface area contributed by atoms with E-state index in [0.29, 0.717) is 18.1 Å². The lowest BCUT2D eigenvalue weighted by molar-refractivity contribution is -0.116. The number of nitrogens with two attached hydrogens (primary N) is 1. The monoisotopic (exact) mass is 313 g/mol. The Morgan fingerprint density at radius 1 is 1.09 bits per heavy atom. The van der Waals surface area contributed by atoms with Gasteiger partial charge in [0.05, 0.1) is 0 Å². The van der Waals surface area contributed by atoms with Crippen LogP contribution in [0.1, 0.15) is 32.1 Å². The maximum atomic E-state index is 11.9. The number of hydrogen-bond donors (Lipinski definition) is 2. The second-order valence-electron chi connectivity index (χ2n) is 5.30. The van der Waals surface area contributed by atoms with Gasteiger partial charge in [0.25, 0.3) is 0 Å². The molecule has 3 N–H and O–H groups in total. The molecular formula is C18H23N3O2. The molecule has 0 unspecified atom stereocenters. The molecule has 2 aromatic rings. The minimum atomic E-state index is 0.0211. The quantitative estimate of drug-likeness (QED) is 0.692. The van der Waals surface area contributed by atoms with Gasteiger partial charge < -0.3 is 15.8 Å². The fraction of sp³-hybridized carbons (Fsp3) is 0.333. The van der Waals surface area contributed by atoms with Gasteiger partial charge in [0.15, 0.2) is 0 Å². The maximum absolute atomic E-state index is 11.9. The number of carbonyl (C=O) groups excluding carboxylic acids is 1. The lowest BCUT2D eigenvalue weighted by Crippen LogP contribution is -2.11. The van der Waals surface area contributed by atoms with Crippen molar-refractivity contribution in [2.24, 2.45) is 5.73 Å². The van der Waals surface area contributed by atoms with Gasteiger partial charge in [-0.05, 0) is 37.6 Å². The van der Waals surface area contributed by atoms with E-state index in [1.54, 1.807) is 18.3 Å². The molecule has 1 amide bonds. The minimum Gasteiger partial charge on any atom is -0.439 e. The van der Waals surface area contributed by atoms with Gasteiger partial charge in [-0.25, -0.2) is 4.98 Å². The number of amides is 1. The van der Waals surface area contributed by atoms with E-state index in [-0.39, 0.29) is 5.91 Å². The summed E-state index contributed by atoms with van der Waals surface area (Å²) in [6.45, 7) is 0.718. The number of carbonyl (C=O) groups is 1. The molecule has 0 radical (unpaired) electrons. The van der Waals surface area contributed by atoms with Crippen molar-refractivity contribution in [3.63, 3.8) is 0 Å². The number of unbranched alkanes of at least 4 members (excludes halogenated alkanes) is 3. The normalized spacial score (nSPS) is 10.3. The average molecular weight is 313 g/mol. The summed E-state index contributed by atoms with van der Waals surface area (Å²) in [6, 6.07) is 12.8. The molecule has 0 fully saturated rings. The number of rotatable bonds is 9. The summed E-state index contributed by atoms with van der Waals surface area (Å²) in [5, 5.41) is 2.89. The van der Waals surface area contributed by atoms with Gasteiger partial charge >= 0.3 is 0 Å². The summed E-state index contributed by atoms with van der Waals surface area (Å²) in [6.07, 6.45) is 6.22. The number of aromatic nitrogens is 1. The Morgan fingerprint density at radius 2 is 1.96 bits per heavy atom. The van der Waals surface area contributed by atoms with Crippen molar-refractivity contribution in [1.82, 2.24) is 4.98 Å². The SMILES string of the molecule is NCCCCCCC(=O)Nc1cccc(Oc2ccccn2)c1. The van der Waals surface area contributed by atoms with Crippen molar-refractivity contribution in [3.8, 4) is 11.6 Å². The molecule has 1 aromatic carbocycles. The van der Waals surface area contributed by atoms with Gasteiger partial charge in [-0.1, -0.05) is 25.0 Å². The zero-order valence-corrected chi connectivity index (χ0v) is 13.2. The van der Waals surface area contributed by atoms with Crippen molar-refractivity contribution >= 4 is 11.6 Å². The fourth-order valence-electron chi connectivity index (χ4n) is 2.17. The largest absolute Gasteiger partial charge is 0.439 e. The summed E-state index contributed by atoms with van der Waals surface area (Å²) in [7, 11) is 0. The highest BCUT2D eigenvalue weighted by molar-refractivity contribution is 5.90. The van der Waals surface area contributed by atoms with Crippen LogP contribution < -0.4 is 15.8 Å². The van der Waals surface area contributed by atoms with E-state index in [9.17, 15) is 4.79 Å². The Labute approximate surface area is 136 Å². The van der Waals surface area contributed by atoms with Crippen LogP contribution >= 0.6 is 0 Å². The number of pyridine rings is 1. The number of hydrogen-bond acceptors (Lipinski definition) is 4. The molecule has 1 aromatic heterocycles. The smallest absolute Gasteiger partial charge is 0.224 e. The van der Waals surface area contributed by atoms with Crippen LogP contribution in [0.2, 0.25) is 0 Å². The first-order chi connectivity index (χ1) is 11.3. The highest BCUT2D eigenvalue weighted by Gasteiger charge is 2.04. The maximum Gasteiger partial charge on any atom is 0.224 e. The number of benzene rings is 1. The van der Waals surface area contributed by atoms with E-state index in [1.165, 1.54) is 0 Å². The van der Waals surface area contributed by atoms with E-state index in [2.05, 4.69) is 10.3 Å². The molecule has 0 aliphatic carbocycles. The molecule has 5 nitrogen and oxygen atoms in total. The third kappa shape index (κ3) is 6.48. The van der Waals surface area contributed by atoms with Crippen molar-refractivity contribution < 1.29 is 9.53 Å². The number of ether oxygens (including phenoxy) is 1. The van der Waals surface area contributed by atoms with Crippen LogP contribution in [0.3, 0.4) is 0 Å². The first-order valence-corrected chi connectivity index (χ1v) is 7.97. The lowest BCUT2D eigenvalue weighted by Gasteiger charge is -2.08. The molecule has 0 spiro atoms. The van der Waals surface area contributed by atoms with Gasteiger partial charge in [-0.3, -0.25) is 4.79 Å². The number of nitrogens with one attached hydrogen (secondary N) is 1. The second-order valence-corrected chi connectivity index (χ2v) is 5.30. The molecular weight excluding hydrogens is 290 g/mol. The van der Waals surface area contributed by atoms with Crippen LogP contribution in [0.4, 0.5) is 5.69 Å². The molecule has 0 aliphatic rings. The predicted octanol–water partition coefficient (Wildman–Crippen LogP) is 3.72. The molecule has 0 saturated carbocycles. The minimum absolute atomic E-state index is 0.0211. The first kappa shape index (κ1) is 17.0. The Morgan fingerprint density at radius 3 is 2.74 bits per heavy atom. The van der Waals surface area contributed by atoms with Crippen molar-refractivity contribution in [1.29, 1.82) is 0 Å². The van der Waals surface area contributed by atoms with E-state index in [1.807, 2.05) is 30.3 Å². The molecule has 0 atom stereocenters. The van der Waals surface area contributed by atoms with Crippen LogP contribution in [-0.2, 0) is 4.79 Å². The summed E-state index contributed by atoms with van der Waals surface area (Å²) < 4.78 is 5.65. The molecule has 5 heteroatoms. The standard InChI is InChI=1S/C18H23N3O2/c19-12-5-2-1-3-10-17(22)21-15-8-7-9-16(14-15)23-18-11-4-6-13-20-18/h4,6-9,11,13-14H,1-3,5,10,12,19H2,(H,21,22). The molecule has 2 rings (SSSR count).